The number of nitrogens with one attached hydrogen (secondary N) is 1. The van der Waals surface area contributed by atoms with Crippen molar-refractivity contribution >= 4 is 11.8 Å². The molecule has 0 amide bonds. The molecule has 1 fully saturated rings. The lowest BCUT2D eigenvalue weighted by molar-refractivity contribution is 0.248. The Bertz CT molecular complexity index is 138. The van der Waals surface area contributed by atoms with Crippen molar-refractivity contribution in [1.82, 2.24) is 5.32 Å². The minimum absolute atomic E-state index is 0.955. The zero-order valence-electron chi connectivity index (χ0n) is 9.72. The molecule has 1 rings (SSSR count). The maximum absolute atomic E-state index is 3.61. The van der Waals surface area contributed by atoms with Crippen LogP contribution < -0.4 is 5.32 Å². The molecule has 0 bridgehead atoms. The van der Waals surface area contributed by atoms with Crippen molar-refractivity contribution < 1.29 is 0 Å². The molecule has 0 aromatic rings. The highest BCUT2D eigenvalue weighted by Crippen LogP contribution is 2.28. The van der Waals surface area contributed by atoms with Gasteiger partial charge in [0.1, 0.15) is 0 Å². The molecular formula is C12H25NS. The van der Waals surface area contributed by atoms with Crippen LogP contribution in [0.3, 0.4) is 0 Å². The first-order valence-corrected chi connectivity index (χ1v) is 7.43. The normalized spacial score (nSPS) is 27.9. The SMILES string of the molecule is CSCCCNCC1CCCCC1C. The molecule has 0 heterocycles. The van der Waals surface area contributed by atoms with Crippen molar-refractivity contribution in [2.45, 2.75) is 39.0 Å². The summed E-state index contributed by atoms with van der Waals surface area (Å²) in [5.41, 5.74) is 0. The summed E-state index contributed by atoms with van der Waals surface area (Å²) in [5, 5.41) is 3.61. The first-order valence-electron chi connectivity index (χ1n) is 6.04. The fourth-order valence-corrected chi connectivity index (χ4v) is 2.76. The van der Waals surface area contributed by atoms with Crippen molar-refractivity contribution in [3.05, 3.63) is 0 Å². The highest BCUT2D eigenvalue weighted by molar-refractivity contribution is 7.98. The molecule has 1 N–H and O–H groups in total. The van der Waals surface area contributed by atoms with E-state index in [-0.39, 0.29) is 0 Å². The van der Waals surface area contributed by atoms with Crippen molar-refractivity contribution in [3.8, 4) is 0 Å². The topological polar surface area (TPSA) is 12.0 Å². The Balaban J connectivity index is 1.99. The fourth-order valence-electron chi connectivity index (χ4n) is 2.33. The van der Waals surface area contributed by atoms with Gasteiger partial charge in [0.15, 0.2) is 0 Å². The van der Waals surface area contributed by atoms with Crippen molar-refractivity contribution in [2.24, 2.45) is 11.8 Å². The molecule has 1 aliphatic carbocycles. The molecule has 1 aliphatic rings. The summed E-state index contributed by atoms with van der Waals surface area (Å²) < 4.78 is 0. The quantitative estimate of drug-likeness (QED) is 0.683. The summed E-state index contributed by atoms with van der Waals surface area (Å²) in [6, 6.07) is 0. The second-order valence-corrected chi connectivity index (χ2v) is 5.56. The zero-order valence-corrected chi connectivity index (χ0v) is 10.5. The molecule has 0 spiro atoms. The molecule has 2 heteroatoms. The Morgan fingerprint density at radius 1 is 1.29 bits per heavy atom. The molecule has 0 aliphatic heterocycles. The predicted molar refractivity (Wildman–Crippen MR) is 67.0 cm³/mol. The fraction of sp³-hybridized carbons (Fsp3) is 1.00. The standard InChI is InChI=1S/C12H25NS/c1-11-6-3-4-7-12(11)10-13-8-5-9-14-2/h11-13H,3-10H2,1-2H3. The Hall–Kier alpha value is 0.310. The average Bonchev–Trinajstić information content (AvgIpc) is 2.20. The van der Waals surface area contributed by atoms with E-state index in [1.54, 1.807) is 0 Å². The van der Waals surface area contributed by atoms with Gasteiger partial charge in [-0.3, -0.25) is 0 Å². The molecule has 0 aromatic carbocycles. The summed E-state index contributed by atoms with van der Waals surface area (Å²) in [6.07, 6.45) is 9.34. The zero-order chi connectivity index (χ0) is 10.2. The van der Waals surface area contributed by atoms with E-state index in [1.807, 2.05) is 11.8 Å². The lowest BCUT2D eigenvalue weighted by Crippen LogP contribution is -2.30. The number of rotatable bonds is 6. The monoisotopic (exact) mass is 215 g/mol. The lowest BCUT2D eigenvalue weighted by Gasteiger charge is -2.28. The summed E-state index contributed by atoms with van der Waals surface area (Å²) >= 11 is 1.95. The van der Waals surface area contributed by atoms with E-state index in [0.717, 1.165) is 11.8 Å². The maximum atomic E-state index is 3.61. The summed E-state index contributed by atoms with van der Waals surface area (Å²) in [6.45, 7) is 4.90. The van der Waals surface area contributed by atoms with Gasteiger partial charge in [0.05, 0.1) is 0 Å². The van der Waals surface area contributed by atoms with Gasteiger partial charge >= 0.3 is 0 Å². The smallest absolute Gasteiger partial charge is 0.00180 e. The maximum Gasteiger partial charge on any atom is -0.00180 e. The Morgan fingerprint density at radius 3 is 2.79 bits per heavy atom. The largest absolute Gasteiger partial charge is 0.316 e. The van der Waals surface area contributed by atoms with Crippen LogP contribution in [0.2, 0.25) is 0 Å². The van der Waals surface area contributed by atoms with Crippen LogP contribution in [0.5, 0.6) is 0 Å². The first-order chi connectivity index (χ1) is 6.84. The molecule has 2 atom stereocenters. The van der Waals surface area contributed by atoms with Crippen LogP contribution >= 0.6 is 11.8 Å². The van der Waals surface area contributed by atoms with Gasteiger partial charge in [-0.1, -0.05) is 26.2 Å². The van der Waals surface area contributed by atoms with Crippen LogP contribution in [-0.4, -0.2) is 25.1 Å². The number of hydrogen-bond donors (Lipinski definition) is 1. The molecule has 1 nitrogen and oxygen atoms in total. The lowest BCUT2D eigenvalue weighted by atomic mass is 9.80. The Labute approximate surface area is 93.4 Å². The van der Waals surface area contributed by atoms with Crippen LogP contribution in [0.15, 0.2) is 0 Å². The Morgan fingerprint density at radius 2 is 2.07 bits per heavy atom. The summed E-state index contributed by atoms with van der Waals surface area (Å²) in [4.78, 5) is 0. The molecule has 14 heavy (non-hydrogen) atoms. The highest BCUT2D eigenvalue weighted by Gasteiger charge is 2.20. The van der Waals surface area contributed by atoms with Crippen molar-refractivity contribution in [3.63, 3.8) is 0 Å². The molecule has 2 unspecified atom stereocenters. The van der Waals surface area contributed by atoms with Gasteiger partial charge in [-0.2, -0.15) is 11.8 Å². The van der Waals surface area contributed by atoms with Gasteiger partial charge in [0.25, 0.3) is 0 Å². The van der Waals surface area contributed by atoms with Gasteiger partial charge in [-0.05, 0) is 49.8 Å². The first kappa shape index (κ1) is 12.4. The van der Waals surface area contributed by atoms with Crippen LogP contribution in [0.25, 0.3) is 0 Å². The minimum atomic E-state index is 0.955. The van der Waals surface area contributed by atoms with Crippen molar-refractivity contribution in [1.29, 1.82) is 0 Å². The average molecular weight is 215 g/mol. The van der Waals surface area contributed by atoms with Gasteiger partial charge in [-0.15, -0.1) is 0 Å². The van der Waals surface area contributed by atoms with Gasteiger partial charge in [0.2, 0.25) is 0 Å². The molecule has 1 saturated carbocycles. The van der Waals surface area contributed by atoms with E-state index in [0.29, 0.717) is 0 Å². The molecule has 0 aromatic heterocycles. The molecule has 84 valence electrons. The predicted octanol–water partition coefficient (Wildman–Crippen LogP) is 3.16. The third kappa shape index (κ3) is 4.70. The van der Waals surface area contributed by atoms with E-state index >= 15 is 0 Å². The van der Waals surface area contributed by atoms with Crippen LogP contribution in [0.4, 0.5) is 0 Å². The number of hydrogen-bond acceptors (Lipinski definition) is 2. The molecule has 0 saturated heterocycles. The third-order valence-electron chi connectivity index (χ3n) is 3.40. The second kappa shape index (κ2) is 7.58. The highest BCUT2D eigenvalue weighted by atomic mass is 32.2. The Kier molecular flexibility index (Phi) is 6.70. The van der Waals surface area contributed by atoms with E-state index in [4.69, 9.17) is 0 Å². The van der Waals surface area contributed by atoms with Crippen molar-refractivity contribution in [2.75, 3.05) is 25.1 Å². The van der Waals surface area contributed by atoms with Crippen LogP contribution in [0, 0.1) is 11.8 Å². The van der Waals surface area contributed by atoms with E-state index in [9.17, 15) is 0 Å². The summed E-state index contributed by atoms with van der Waals surface area (Å²) in [7, 11) is 0. The minimum Gasteiger partial charge on any atom is -0.316 e. The van der Waals surface area contributed by atoms with Crippen LogP contribution in [0.1, 0.15) is 39.0 Å². The summed E-state index contributed by atoms with van der Waals surface area (Å²) in [5.74, 6) is 3.21. The van der Waals surface area contributed by atoms with E-state index in [1.165, 1.54) is 50.9 Å². The van der Waals surface area contributed by atoms with Crippen LogP contribution in [-0.2, 0) is 0 Å². The number of thioether (sulfide) groups is 1. The third-order valence-corrected chi connectivity index (χ3v) is 4.09. The van der Waals surface area contributed by atoms with E-state index in [2.05, 4.69) is 18.5 Å². The van der Waals surface area contributed by atoms with Gasteiger partial charge in [-0.25, -0.2) is 0 Å². The van der Waals surface area contributed by atoms with E-state index < -0.39 is 0 Å². The van der Waals surface area contributed by atoms with Gasteiger partial charge < -0.3 is 5.32 Å². The van der Waals surface area contributed by atoms with Gasteiger partial charge in [0, 0.05) is 0 Å². The second-order valence-electron chi connectivity index (χ2n) is 4.57. The molecular weight excluding hydrogens is 190 g/mol. The molecule has 0 radical (unpaired) electrons.